The zero-order chi connectivity index (χ0) is 15.2. The van der Waals surface area contributed by atoms with Gasteiger partial charge in [-0.15, -0.1) is 0 Å². The predicted molar refractivity (Wildman–Crippen MR) is 83.2 cm³/mol. The molecule has 0 aliphatic heterocycles. The highest BCUT2D eigenvalue weighted by atomic mass is 16.5. The third-order valence-electron chi connectivity index (χ3n) is 3.40. The van der Waals surface area contributed by atoms with Gasteiger partial charge in [0.05, 0.1) is 11.7 Å². The number of rotatable bonds is 8. The van der Waals surface area contributed by atoms with Gasteiger partial charge in [0.2, 0.25) is 0 Å². The second kappa shape index (κ2) is 7.44. The molecule has 3 nitrogen and oxygen atoms in total. The van der Waals surface area contributed by atoms with Crippen LogP contribution in [0.5, 0.6) is 5.75 Å². The minimum Gasteiger partial charge on any atom is -0.490 e. The number of nitrogens with two attached hydrogens (primary N) is 1. The van der Waals surface area contributed by atoms with Crippen molar-refractivity contribution in [2.45, 2.75) is 53.1 Å². The van der Waals surface area contributed by atoms with Gasteiger partial charge < -0.3 is 10.5 Å². The van der Waals surface area contributed by atoms with Crippen molar-refractivity contribution in [3.8, 4) is 5.75 Å². The molecular formula is C17H27NO2. The summed E-state index contributed by atoms with van der Waals surface area (Å²) in [6.07, 6.45) is 2.38. The van der Waals surface area contributed by atoms with Crippen molar-refractivity contribution in [3.63, 3.8) is 0 Å². The second-order valence-corrected chi connectivity index (χ2v) is 6.29. The maximum Gasteiger partial charge on any atom is 0.166 e. The first-order valence-electron chi connectivity index (χ1n) is 7.34. The summed E-state index contributed by atoms with van der Waals surface area (Å²) in [6.45, 7) is 8.90. The fourth-order valence-electron chi connectivity index (χ4n) is 2.16. The van der Waals surface area contributed by atoms with Crippen LogP contribution in [0, 0.1) is 5.41 Å². The molecule has 0 aliphatic rings. The molecule has 0 radical (unpaired) electrons. The summed E-state index contributed by atoms with van der Waals surface area (Å²) in [7, 11) is 0. The second-order valence-electron chi connectivity index (χ2n) is 6.29. The Hall–Kier alpha value is -1.35. The molecule has 0 saturated carbocycles. The molecule has 0 heterocycles. The van der Waals surface area contributed by atoms with Crippen LogP contribution in [0.3, 0.4) is 0 Å². The minimum absolute atomic E-state index is 0.0673. The van der Waals surface area contributed by atoms with Gasteiger partial charge in [-0.3, -0.25) is 4.79 Å². The van der Waals surface area contributed by atoms with Crippen LogP contribution in [0.1, 0.15) is 57.3 Å². The molecule has 1 aromatic carbocycles. The zero-order valence-corrected chi connectivity index (χ0v) is 13.1. The van der Waals surface area contributed by atoms with Crippen molar-refractivity contribution in [1.29, 1.82) is 0 Å². The summed E-state index contributed by atoms with van der Waals surface area (Å²) in [4.78, 5) is 12.4. The van der Waals surface area contributed by atoms with E-state index in [0.717, 1.165) is 12.8 Å². The van der Waals surface area contributed by atoms with Crippen LogP contribution in [0.4, 0.5) is 0 Å². The number of hydrogen-bond donors (Lipinski definition) is 1. The molecule has 0 aromatic heterocycles. The highest BCUT2D eigenvalue weighted by molar-refractivity contribution is 5.98. The number of carbonyl (C=O) groups excluding carboxylic acids is 1. The monoisotopic (exact) mass is 277 g/mol. The number of hydrogen-bond acceptors (Lipinski definition) is 3. The number of ketones is 1. The highest BCUT2D eigenvalue weighted by Crippen LogP contribution is 2.28. The van der Waals surface area contributed by atoms with Crippen molar-refractivity contribution >= 4 is 5.78 Å². The van der Waals surface area contributed by atoms with E-state index >= 15 is 0 Å². The predicted octanol–water partition coefficient (Wildman–Crippen LogP) is 3.81. The van der Waals surface area contributed by atoms with Gasteiger partial charge in [-0.05, 0) is 50.8 Å². The summed E-state index contributed by atoms with van der Waals surface area (Å²) < 4.78 is 5.71. The van der Waals surface area contributed by atoms with E-state index in [1.807, 2.05) is 38.1 Å². The van der Waals surface area contributed by atoms with Gasteiger partial charge in [0.15, 0.2) is 5.78 Å². The smallest absolute Gasteiger partial charge is 0.166 e. The Balaban J connectivity index is 2.73. The summed E-state index contributed by atoms with van der Waals surface area (Å²) >= 11 is 0. The molecule has 1 aromatic rings. The van der Waals surface area contributed by atoms with Crippen LogP contribution in [-0.4, -0.2) is 18.4 Å². The highest BCUT2D eigenvalue weighted by Gasteiger charge is 2.20. The molecule has 3 heteroatoms. The molecule has 0 fully saturated rings. The lowest BCUT2D eigenvalue weighted by molar-refractivity contribution is 0.0956. The zero-order valence-electron chi connectivity index (χ0n) is 13.1. The molecule has 0 unspecified atom stereocenters. The van der Waals surface area contributed by atoms with Crippen molar-refractivity contribution in [2.24, 2.45) is 11.1 Å². The molecule has 2 N–H and O–H groups in total. The van der Waals surface area contributed by atoms with Crippen molar-refractivity contribution in [3.05, 3.63) is 29.8 Å². The normalized spacial score (nSPS) is 11.7. The Kier molecular flexibility index (Phi) is 6.21. The van der Waals surface area contributed by atoms with Gasteiger partial charge in [-0.2, -0.15) is 0 Å². The Morgan fingerprint density at radius 2 is 1.90 bits per heavy atom. The van der Waals surface area contributed by atoms with Gasteiger partial charge in [0.25, 0.3) is 0 Å². The van der Waals surface area contributed by atoms with Crippen molar-refractivity contribution in [2.75, 3.05) is 6.54 Å². The van der Waals surface area contributed by atoms with E-state index in [1.165, 1.54) is 0 Å². The van der Waals surface area contributed by atoms with E-state index in [1.54, 1.807) is 0 Å². The van der Waals surface area contributed by atoms with Gasteiger partial charge in [0, 0.05) is 6.42 Å². The van der Waals surface area contributed by atoms with Gasteiger partial charge in [-0.1, -0.05) is 26.0 Å². The lowest BCUT2D eigenvalue weighted by Crippen LogP contribution is -2.18. The van der Waals surface area contributed by atoms with E-state index < -0.39 is 0 Å². The third-order valence-corrected chi connectivity index (χ3v) is 3.40. The lowest BCUT2D eigenvalue weighted by Gasteiger charge is -2.23. The lowest BCUT2D eigenvalue weighted by atomic mass is 9.83. The SMILES string of the molecule is CC(C)Oc1ccccc1C(=O)CCC(C)(C)CCN. The quantitative estimate of drug-likeness (QED) is 0.735. The molecule has 20 heavy (non-hydrogen) atoms. The third kappa shape index (κ3) is 5.33. The number of benzene rings is 1. The van der Waals surface area contributed by atoms with E-state index in [2.05, 4.69) is 13.8 Å². The van der Waals surface area contributed by atoms with Crippen molar-refractivity contribution < 1.29 is 9.53 Å². The Labute approximate surface area is 122 Å². The molecule has 0 aliphatic carbocycles. The van der Waals surface area contributed by atoms with E-state index in [0.29, 0.717) is 24.3 Å². The van der Waals surface area contributed by atoms with E-state index in [4.69, 9.17) is 10.5 Å². The Morgan fingerprint density at radius 1 is 1.25 bits per heavy atom. The van der Waals surface area contributed by atoms with Crippen LogP contribution in [0.15, 0.2) is 24.3 Å². The summed E-state index contributed by atoms with van der Waals surface area (Å²) in [5.41, 5.74) is 6.40. The van der Waals surface area contributed by atoms with Gasteiger partial charge >= 0.3 is 0 Å². The first kappa shape index (κ1) is 16.7. The fraction of sp³-hybridized carbons (Fsp3) is 0.588. The van der Waals surface area contributed by atoms with Crippen LogP contribution in [0.2, 0.25) is 0 Å². The summed E-state index contributed by atoms with van der Waals surface area (Å²) in [6, 6.07) is 7.48. The summed E-state index contributed by atoms with van der Waals surface area (Å²) in [5, 5.41) is 0. The minimum atomic E-state index is 0.0673. The van der Waals surface area contributed by atoms with Crippen LogP contribution >= 0.6 is 0 Å². The first-order chi connectivity index (χ1) is 9.35. The maximum absolute atomic E-state index is 12.4. The largest absolute Gasteiger partial charge is 0.490 e. The molecule has 1 rings (SSSR count). The molecule has 0 amide bonds. The average Bonchev–Trinajstić information content (AvgIpc) is 2.36. The number of Topliss-reactive ketones (excluding diaryl/α,β-unsaturated/α-hetero) is 1. The number of carbonyl (C=O) groups is 1. The fourth-order valence-corrected chi connectivity index (χ4v) is 2.16. The number of para-hydroxylation sites is 1. The van der Waals surface area contributed by atoms with Gasteiger partial charge in [0.1, 0.15) is 5.75 Å². The van der Waals surface area contributed by atoms with E-state index in [9.17, 15) is 4.79 Å². The average molecular weight is 277 g/mol. The molecular weight excluding hydrogens is 250 g/mol. The standard InChI is InChI=1S/C17H27NO2/c1-13(2)20-16-8-6-5-7-14(16)15(19)9-10-17(3,4)11-12-18/h5-8,13H,9-12,18H2,1-4H3. The van der Waals surface area contributed by atoms with Crippen LogP contribution < -0.4 is 10.5 Å². The Morgan fingerprint density at radius 3 is 2.50 bits per heavy atom. The molecule has 0 saturated heterocycles. The molecule has 0 spiro atoms. The molecule has 0 bridgehead atoms. The first-order valence-corrected chi connectivity index (χ1v) is 7.34. The van der Waals surface area contributed by atoms with Gasteiger partial charge in [-0.25, -0.2) is 0 Å². The van der Waals surface area contributed by atoms with E-state index in [-0.39, 0.29) is 17.3 Å². The van der Waals surface area contributed by atoms with Crippen LogP contribution in [-0.2, 0) is 0 Å². The molecule has 112 valence electrons. The van der Waals surface area contributed by atoms with Crippen LogP contribution in [0.25, 0.3) is 0 Å². The van der Waals surface area contributed by atoms with Crippen molar-refractivity contribution in [1.82, 2.24) is 0 Å². The summed E-state index contributed by atoms with van der Waals surface area (Å²) in [5.74, 6) is 0.829. The maximum atomic E-state index is 12.4. The Bertz CT molecular complexity index is 438. The topological polar surface area (TPSA) is 52.3 Å². The number of ether oxygens (including phenoxy) is 1. The molecule has 0 atom stereocenters.